The molecule has 0 aromatic heterocycles. The van der Waals surface area contributed by atoms with E-state index in [4.69, 9.17) is 5.41 Å². The van der Waals surface area contributed by atoms with Gasteiger partial charge in [-0.1, -0.05) is 6.92 Å². The Bertz CT molecular complexity index is 249. The fraction of sp³-hybridized carbons (Fsp3) is 0.923. The zero-order valence-electron chi connectivity index (χ0n) is 12.6. The molecule has 0 amide bonds. The summed E-state index contributed by atoms with van der Waals surface area (Å²) in [6.07, 6.45) is 3.12. The van der Waals surface area contributed by atoms with Crippen LogP contribution >= 0.6 is 12.4 Å². The molecule has 0 fully saturated rings. The van der Waals surface area contributed by atoms with Crippen molar-refractivity contribution in [1.82, 2.24) is 9.80 Å². The van der Waals surface area contributed by atoms with Gasteiger partial charge in [-0.15, -0.1) is 12.4 Å². The summed E-state index contributed by atoms with van der Waals surface area (Å²) >= 11 is 0. The van der Waals surface area contributed by atoms with E-state index < -0.39 is 0 Å². The third-order valence-corrected chi connectivity index (χ3v) is 3.49. The summed E-state index contributed by atoms with van der Waals surface area (Å²) in [7, 11) is 8.47. The molecule has 0 bridgehead atoms. The maximum absolute atomic E-state index is 6.96. The molecule has 0 aliphatic rings. The van der Waals surface area contributed by atoms with Gasteiger partial charge in [0.2, 0.25) is 0 Å². The summed E-state index contributed by atoms with van der Waals surface area (Å²) < 4.78 is 0. The van der Waals surface area contributed by atoms with Crippen molar-refractivity contribution in [3.63, 3.8) is 0 Å². The molecule has 18 heavy (non-hydrogen) atoms. The molecule has 0 saturated carbocycles. The van der Waals surface area contributed by atoms with Gasteiger partial charge in [0.25, 0.3) is 0 Å². The molecule has 108 valence electrons. The quantitative estimate of drug-likeness (QED) is 0.693. The Balaban J connectivity index is 0. The van der Waals surface area contributed by atoms with Crippen molar-refractivity contribution in [3.8, 4) is 0 Å². The summed E-state index contributed by atoms with van der Waals surface area (Å²) in [5.74, 6) is 0. The Morgan fingerprint density at radius 1 is 1.11 bits per heavy atom. The van der Waals surface area contributed by atoms with E-state index >= 15 is 0 Å². The molecule has 0 rings (SSSR count). The van der Waals surface area contributed by atoms with Crippen LogP contribution in [0.4, 0.5) is 0 Å². The fourth-order valence-electron chi connectivity index (χ4n) is 1.84. The molecular formula is C13H29ClN4. The summed E-state index contributed by atoms with van der Waals surface area (Å²) in [5, 5.41) is 6.96. The zero-order valence-corrected chi connectivity index (χ0v) is 13.4. The van der Waals surface area contributed by atoms with Crippen LogP contribution in [0.1, 0.15) is 33.1 Å². The van der Waals surface area contributed by atoms with Gasteiger partial charge in [0.15, 0.2) is 0 Å². The van der Waals surface area contributed by atoms with Gasteiger partial charge >= 0.3 is 0 Å². The lowest BCUT2D eigenvalue weighted by Gasteiger charge is -2.31. The van der Waals surface area contributed by atoms with Gasteiger partial charge in [0.05, 0.1) is 12.1 Å². The van der Waals surface area contributed by atoms with Crippen LogP contribution in [0.25, 0.3) is 0 Å². The second-order valence-electron chi connectivity index (χ2n) is 5.20. The van der Waals surface area contributed by atoms with Gasteiger partial charge < -0.3 is 9.80 Å². The smallest absolute Gasteiger partial charge is 0.0864 e. The fourth-order valence-corrected chi connectivity index (χ4v) is 1.84. The average Bonchev–Trinajstić information content (AvgIpc) is 2.26. The highest BCUT2D eigenvalue weighted by Crippen LogP contribution is 2.16. The minimum Gasteiger partial charge on any atom is -0.307 e. The molecule has 0 aromatic rings. The summed E-state index contributed by atoms with van der Waals surface area (Å²) in [6.45, 7) is 4.37. The van der Waals surface area contributed by atoms with Crippen LogP contribution in [0.5, 0.6) is 0 Å². The van der Waals surface area contributed by atoms with Gasteiger partial charge in [-0.3, -0.25) is 0 Å². The third-order valence-electron chi connectivity index (χ3n) is 3.49. The minimum absolute atomic E-state index is 0. The van der Waals surface area contributed by atoms with E-state index in [-0.39, 0.29) is 18.4 Å². The first-order valence-electron chi connectivity index (χ1n) is 6.36. The van der Waals surface area contributed by atoms with Gasteiger partial charge in [-0.05, 0) is 54.4 Å². The van der Waals surface area contributed by atoms with Crippen molar-refractivity contribution in [1.29, 1.82) is 5.41 Å². The molecule has 5 heteroatoms. The topological polar surface area (TPSA) is 42.7 Å². The molecule has 3 unspecified atom stereocenters. The maximum atomic E-state index is 6.96. The molecule has 0 spiro atoms. The summed E-state index contributed by atoms with van der Waals surface area (Å²) in [6, 6.07) is 3.48. The summed E-state index contributed by atoms with van der Waals surface area (Å²) in [4.78, 5) is 8.61. The van der Waals surface area contributed by atoms with Crippen molar-refractivity contribution >= 4 is 18.4 Å². The van der Waals surface area contributed by atoms with E-state index in [1.165, 1.54) is 0 Å². The van der Waals surface area contributed by atoms with E-state index in [0.717, 1.165) is 19.3 Å². The van der Waals surface area contributed by atoms with Crippen molar-refractivity contribution in [2.24, 2.45) is 4.99 Å². The zero-order chi connectivity index (χ0) is 13.4. The van der Waals surface area contributed by atoms with Crippen molar-refractivity contribution in [3.05, 3.63) is 0 Å². The van der Waals surface area contributed by atoms with E-state index in [1.807, 2.05) is 0 Å². The summed E-state index contributed by atoms with van der Waals surface area (Å²) in [5.41, 5.74) is 0. The number of rotatable bonds is 8. The van der Waals surface area contributed by atoms with Crippen LogP contribution in [0.3, 0.4) is 0 Å². The van der Waals surface area contributed by atoms with Crippen LogP contribution in [0.15, 0.2) is 4.99 Å². The first-order chi connectivity index (χ1) is 7.92. The van der Waals surface area contributed by atoms with Crippen LogP contribution < -0.4 is 0 Å². The predicted octanol–water partition coefficient (Wildman–Crippen LogP) is 2.60. The molecule has 0 aliphatic heterocycles. The second-order valence-corrected chi connectivity index (χ2v) is 5.20. The molecule has 0 saturated heterocycles. The Morgan fingerprint density at radius 2 is 1.67 bits per heavy atom. The largest absolute Gasteiger partial charge is 0.307 e. The van der Waals surface area contributed by atoms with Crippen LogP contribution in [-0.2, 0) is 0 Å². The lowest BCUT2D eigenvalue weighted by Crippen LogP contribution is -2.37. The third kappa shape index (κ3) is 7.83. The molecule has 0 heterocycles. The highest BCUT2D eigenvalue weighted by atomic mass is 35.5. The Labute approximate surface area is 118 Å². The number of hydrogen-bond acceptors (Lipinski definition) is 4. The van der Waals surface area contributed by atoms with Gasteiger partial charge in [-0.25, -0.2) is 10.4 Å². The second kappa shape index (κ2) is 10.5. The van der Waals surface area contributed by atoms with E-state index in [9.17, 15) is 0 Å². The standard InChI is InChI=1S/C13H28N4.ClH/c1-7-12(15-10-14)9-13(17(5)6)8-11(2)16(3)4;/h11-14H,7-9H2,1-6H3;1H. The number of nitrogens with zero attached hydrogens (tertiary/aromatic N) is 3. The van der Waals surface area contributed by atoms with Crippen molar-refractivity contribution in [2.45, 2.75) is 51.2 Å². The molecular weight excluding hydrogens is 248 g/mol. The Morgan fingerprint density at radius 3 is 2.00 bits per heavy atom. The van der Waals surface area contributed by atoms with Crippen LogP contribution in [0.2, 0.25) is 0 Å². The highest BCUT2D eigenvalue weighted by Gasteiger charge is 2.20. The monoisotopic (exact) mass is 276 g/mol. The van der Waals surface area contributed by atoms with E-state index in [1.54, 1.807) is 0 Å². The molecule has 4 nitrogen and oxygen atoms in total. The van der Waals surface area contributed by atoms with Gasteiger partial charge in [-0.2, -0.15) is 0 Å². The van der Waals surface area contributed by atoms with Gasteiger partial charge in [0.1, 0.15) is 0 Å². The Hall–Kier alpha value is -0.410. The number of nitrogens with one attached hydrogen (secondary N) is 1. The van der Waals surface area contributed by atoms with E-state index in [0.29, 0.717) is 12.1 Å². The Kier molecular flexibility index (Phi) is 11.6. The molecule has 0 aromatic carbocycles. The van der Waals surface area contributed by atoms with Gasteiger partial charge in [0, 0.05) is 12.1 Å². The minimum atomic E-state index is 0. The maximum Gasteiger partial charge on any atom is 0.0864 e. The number of hydrogen-bond donors (Lipinski definition) is 1. The number of aliphatic imine (C=N–C) groups is 1. The molecule has 1 N–H and O–H groups in total. The average molecular weight is 277 g/mol. The lowest BCUT2D eigenvalue weighted by atomic mass is 9.98. The van der Waals surface area contributed by atoms with E-state index in [2.05, 4.69) is 62.8 Å². The lowest BCUT2D eigenvalue weighted by molar-refractivity contribution is 0.191. The molecule has 3 atom stereocenters. The number of halogens is 1. The SMILES string of the molecule is CCC(CC(CC(C)N(C)C)N(C)C)N=C=N.Cl. The molecule has 0 aliphatic carbocycles. The molecule has 0 radical (unpaired) electrons. The predicted molar refractivity (Wildman–Crippen MR) is 81.3 cm³/mol. The van der Waals surface area contributed by atoms with Crippen molar-refractivity contribution < 1.29 is 0 Å². The van der Waals surface area contributed by atoms with Crippen LogP contribution in [0, 0.1) is 5.41 Å². The first-order valence-corrected chi connectivity index (χ1v) is 6.36. The first kappa shape index (κ1) is 19.9. The van der Waals surface area contributed by atoms with Crippen molar-refractivity contribution in [2.75, 3.05) is 28.2 Å². The highest BCUT2D eigenvalue weighted by molar-refractivity contribution is 5.85. The normalized spacial score (nSPS) is 15.8. The van der Waals surface area contributed by atoms with Crippen LogP contribution in [-0.4, -0.2) is 62.1 Å².